The molecule has 0 spiro atoms. The van der Waals surface area contributed by atoms with Gasteiger partial charge in [0.2, 0.25) is 0 Å². The number of likely N-dealkylation sites (tertiary alicyclic amines) is 2. The molecule has 1 aromatic rings. The second-order valence-corrected chi connectivity index (χ2v) is 7.87. The van der Waals surface area contributed by atoms with Crippen molar-refractivity contribution < 1.29 is 9.47 Å². The number of halogens is 1. The van der Waals surface area contributed by atoms with Gasteiger partial charge < -0.3 is 19.7 Å². The fourth-order valence-corrected chi connectivity index (χ4v) is 4.38. The van der Waals surface area contributed by atoms with Crippen LogP contribution in [0.5, 0.6) is 5.75 Å². The first-order chi connectivity index (χ1) is 14.2. The molecule has 0 bridgehead atoms. The number of nitrogens with one attached hydrogen (secondary N) is 1. The molecule has 0 aromatic heterocycles. The van der Waals surface area contributed by atoms with Gasteiger partial charge in [-0.25, -0.2) is 0 Å². The number of guanidine groups is 1. The molecule has 2 fully saturated rings. The predicted octanol–water partition coefficient (Wildman–Crippen LogP) is 3.92. The number of rotatable bonds is 8. The van der Waals surface area contributed by atoms with E-state index in [4.69, 9.17) is 14.5 Å². The van der Waals surface area contributed by atoms with Gasteiger partial charge in [0.1, 0.15) is 5.75 Å². The first kappa shape index (κ1) is 25.2. The summed E-state index contributed by atoms with van der Waals surface area (Å²) in [7, 11) is 1.72. The summed E-state index contributed by atoms with van der Waals surface area (Å²) in [6.45, 7) is 11.0. The molecule has 2 heterocycles. The van der Waals surface area contributed by atoms with E-state index in [9.17, 15) is 0 Å². The summed E-state index contributed by atoms with van der Waals surface area (Å²) < 4.78 is 11.2. The largest absolute Gasteiger partial charge is 0.497 e. The van der Waals surface area contributed by atoms with Gasteiger partial charge in [0.05, 0.1) is 25.8 Å². The maximum Gasteiger partial charge on any atom is 0.193 e. The summed E-state index contributed by atoms with van der Waals surface area (Å²) in [6.07, 6.45) is 5.11. The summed E-state index contributed by atoms with van der Waals surface area (Å²) >= 11 is 0. The lowest BCUT2D eigenvalue weighted by Gasteiger charge is -2.34. The Balaban J connectivity index is 0.00000320. The van der Waals surface area contributed by atoms with Crippen molar-refractivity contribution in [3.8, 4) is 5.75 Å². The molecule has 6 nitrogen and oxygen atoms in total. The van der Waals surface area contributed by atoms with E-state index in [2.05, 4.69) is 53.2 Å². The maximum atomic E-state index is 5.81. The number of hydrogen-bond acceptors (Lipinski definition) is 4. The number of nitrogens with zero attached hydrogens (tertiary/aromatic N) is 3. The molecule has 3 rings (SSSR count). The summed E-state index contributed by atoms with van der Waals surface area (Å²) in [5.74, 6) is 1.95. The van der Waals surface area contributed by atoms with Gasteiger partial charge in [-0.05, 0) is 70.3 Å². The van der Waals surface area contributed by atoms with Gasteiger partial charge in [0.25, 0.3) is 0 Å². The van der Waals surface area contributed by atoms with Crippen LogP contribution >= 0.6 is 24.0 Å². The van der Waals surface area contributed by atoms with Crippen LogP contribution in [0.25, 0.3) is 0 Å². The minimum absolute atomic E-state index is 0. The van der Waals surface area contributed by atoms with E-state index >= 15 is 0 Å². The normalized spacial score (nSPS) is 19.4. The number of ether oxygens (including phenoxy) is 2. The predicted molar refractivity (Wildman–Crippen MR) is 134 cm³/mol. The van der Waals surface area contributed by atoms with Crippen molar-refractivity contribution in [2.24, 2.45) is 4.99 Å². The number of benzene rings is 1. The molecule has 2 aliphatic rings. The monoisotopic (exact) mass is 530 g/mol. The Kier molecular flexibility index (Phi) is 11.2. The Bertz CT molecular complexity index is 627. The van der Waals surface area contributed by atoms with E-state index < -0.39 is 0 Å². The topological polar surface area (TPSA) is 49.3 Å². The number of piperidine rings is 1. The highest BCUT2D eigenvalue weighted by molar-refractivity contribution is 14.0. The number of hydrogen-bond donors (Lipinski definition) is 1. The molecular weight excluding hydrogens is 491 g/mol. The Hall–Kier alpha value is -1.06. The first-order valence-corrected chi connectivity index (χ1v) is 11.3. The van der Waals surface area contributed by atoms with E-state index in [1.165, 1.54) is 18.4 Å². The van der Waals surface area contributed by atoms with Crippen molar-refractivity contribution in [2.75, 3.05) is 53.0 Å². The molecule has 30 heavy (non-hydrogen) atoms. The van der Waals surface area contributed by atoms with Gasteiger partial charge in [-0.2, -0.15) is 0 Å². The Morgan fingerprint density at radius 2 is 1.77 bits per heavy atom. The van der Waals surface area contributed by atoms with E-state index in [1.54, 1.807) is 7.11 Å². The Labute approximate surface area is 199 Å². The maximum absolute atomic E-state index is 5.81. The van der Waals surface area contributed by atoms with Crippen molar-refractivity contribution in [3.05, 3.63) is 29.8 Å². The van der Waals surface area contributed by atoms with Gasteiger partial charge in [0.15, 0.2) is 5.96 Å². The second-order valence-electron chi connectivity index (χ2n) is 7.87. The zero-order valence-corrected chi connectivity index (χ0v) is 21.1. The van der Waals surface area contributed by atoms with Crippen LogP contribution in [0.3, 0.4) is 0 Å². The lowest BCUT2D eigenvalue weighted by Crippen LogP contribution is -2.47. The zero-order chi connectivity index (χ0) is 20.5. The van der Waals surface area contributed by atoms with Crippen LogP contribution in [0.4, 0.5) is 0 Å². The van der Waals surface area contributed by atoms with Crippen molar-refractivity contribution >= 4 is 29.9 Å². The van der Waals surface area contributed by atoms with Gasteiger partial charge >= 0.3 is 0 Å². The van der Waals surface area contributed by atoms with Crippen LogP contribution < -0.4 is 10.1 Å². The molecule has 1 N–H and O–H groups in total. The second kappa shape index (κ2) is 13.4. The number of aliphatic imine (C=N–C) groups is 1. The quantitative estimate of drug-likeness (QED) is 0.314. The molecule has 1 unspecified atom stereocenters. The Morgan fingerprint density at radius 1 is 1.10 bits per heavy atom. The van der Waals surface area contributed by atoms with Crippen molar-refractivity contribution in [1.29, 1.82) is 0 Å². The lowest BCUT2D eigenvalue weighted by atomic mass is 10.1. The molecule has 0 aliphatic carbocycles. The van der Waals surface area contributed by atoms with Crippen LogP contribution in [0.1, 0.15) is 51.1 Å². The molecule has 1 aromatic carbocycles. The third-order valence-electron chi connectivity index (χ3n) is 5.97. The highest BCUT2D eigenvalue weighted by Crippen LogP contribution is 2.27. The van der Waals surface area contributed by atoms with Crippen molar-refractivity contribution in [2.45, 2.75) is 51.7 Å². The van der Waals surface area contributed by atoms with Gasteiger partial charge in [-0.15, -0.1) is 24.0 Å². The average Bonchev–Trinajstić information content (AvgIpc) is 3.29. The smallest absolute Gasteiger partial charge is 0.193 e. The van der Waals surface area contributed by atoms with Gasteiger partial charge in [-0.1, -0.05) is 12.1 Å². The molecule has 170 valence electrons. The van der Waals surface area contributed by atoms with E-state index in [0.717, 1.165) is 70.4 Å². The molecule has 2 aliphatic heterocycles. The average molecular weight is 530 g/mol. The van der Waals surface area contributed by atoms with Gasteiger partial charge in [0, 0.05) is 26.2 Å². The molecule has 0 amide bonds. The van der Waals surface area contributed by atoms with Crippen LogP contribution in [-0.2, 0) is 4.74 Å². The van der Waals surface area contributed by atoms with E-state index in [1.807, 2.05) is 0 Å². The summed E-state index contributed by atoms with van der Waals surface area (Å²) in [5.41, 5.74) is 1.32. The summed E-state index contributed by atoms with van der Waals surface area (Å²) in [4.78, 5) is 10.1. The fourth-order valence-electron chi connectivity index (χ4n) is 4.38. The highest BCUT2D eigenvalue weighted by atomic mass is 127. The Morgan fingerprint density at radius 3 is 2.33 bits per heavy atom. The minimum atomic E-state index is 0. The third-order valence-corrected chi connectivity index (χ3v) is 5.97. The first-order valence-electron chi connectivity index (χ1n) is 11.3. The standard InChI is InChI=1S/C23H38N4O2.HI/c1-4-24-23(27-16-12-21(13-17-27)29-5-2)25-18-22(26-14-6-7-15-26)19-8-10-20(28-3)11-9-19;/h8-11,21-22H,4-7,12-18H2,1-3H3,(H,24,25);1H. The minimum Gasteiger partial charge on any atom is -0.497 e. The van der Waals surface area contributed by atoms with Crippen LogP contribution in [0.2, 0.25) is 0 Å². The van der Waals surface area contributed by atoms with Crippen LogP contribution in [0, 0.1) is 0 Å². The molecular formula is C23H39IN4O2. The van der Waals surface area contributed by atoms with Crippen molar-refractivity contribution in [1.82, 2.24) is 15.1 Å². The van der Waals surface area contributed by atoms with E-state index in [0.29, 0.717) is 12.1 Å². The zero-order valence-electron chi connectivity index (χ0n) is 18.8. The van der Waals surface area contributed by atoms with Crippen LogP contribution in [-0.4, -0.2) is 74.8 Å². The van der Waals surface area contributed by atoms with E-state index in [-0.39, 0.29) is 24.0 Å². The van der Waals surface area contributed by atoms with Crippen molar-refractivity contribution in [3.63, 3.8) is 0 Å². The third kappa shape index (κ3) is 6.99. The lowest BCUT2D eigenvalue weighted by molar-refractivity contribution is 0.0263. The molecule has 1 atom stereocenters. The molecule has 7 heteroatoms. The fraction of sp³-hybridized carbons (Fsp3) is 0.696. The van der Waals surface area contributed by atoms with Gasteiger partial charge in [-0.3, -0.25) is 9.89 Å². The summed E-state index contributed by atoms with van der Waals surface area (Å²) in [6, 6.07) is 8.82. The molecule has 0 saturated carbocycles. The SMILES string of the molecule is CCNC(=NCC(c1ccc(OC)cc1)N1CCCC1)N1CCC(OCC)CC1.I. The molecule has 2 saturated heterocycles. The van der Waals surface area contributed by atoms with Crippen LogP contribution in [0.15, 0.2) is 29.3 Å². The summed E-state index contributed by atoms with van der Waals surface area (Å²) in [5, 5.41) is 3.51. The highest BCUT2D eigenvalue weighted by Gasteiger charge is 2.25. The number of methoxy groups -OCH3 is 1. The molecule has 0 radical (unpaired) electrons.